The second-order valence-corrected chi connectivity index (χ2v) is 4.94. The van der Waals surface area contributed by atoms with Crippen LogP contribution in [0, 0.1) is 25.2 Å². The van der Waals surface area contributed by atoms with E-state index in [4.69, 9.17) is 14.4 Å². The third kappa shape index (κ3) is 4.20. The normalized spacial score (nSPS) is 11.0. The van der Waals surface area contributed by atoms with Gasteiger partial charge in [0, 0.05) is 0 Å². The zero-order valence-corrected chi connectivity index (χ0v) is 13.2. The fourth-order valence-corrected chi connectivity index (χ4v) is 2.02. The molecule has 118 valence electrons. The van der Waals surface area contributed by atoms with Gasteiger partial charge >= 0.3 is 0 Å². The van der Waals surface area contributed by atoms with Crippen LogP contribution in [0.5, 0.6) is 5.75 Å². The number of hydrogen-bond acceptors (Lipinski definition) is 5. The molecule has 0 aliphatic heterocycles. The van der Waals surface area contributed by atoms with Crippen LogP contribution in [0.3, 0.4) is 0 Å². The van der Waals surface area contributed by atoms with E-state index < -0.39 is 0 Å². The third-order valence-corrected chi connectivity index (χ3v) is 3.19. The van der Waals surface area contributed by atoms with Gasteiger partial charge in [-0.1, -0.05) is 0 Å². The van der Waals surface area contributed by atoms with Crippen molar-refractivity contribution in [2.45, 2.75) is 20.8 Å². The van der Waals surface area contributed by atoms with E-state index in [1.807, 2.05) is 18.2 Å². The summed E-state index contributed by atoms with van der Waals surface area (Å²) in [6, 6.07) is 10.7. The lowest BCUT2D eigenvalue weighted by Gasteiger charge is -2.04. The molecule has 1 aromatic carbocycles. The monoisotopic (exact) mass is 311 g/mol. The molecule has 2 aromatic rings. The number of rotatable bonds is 5. The molecular formula is C17H17N3O3. The molecule has 0 aliphatic carbocycles. The topological polar surface area (TPSA) is 87.6 Å². The van der Waals surface area contributed by atoms with Crippen molar-refractivity contribution in [2.24, 2.45) is 5.10 Å². The van der Waals surface area contributed by atoms with E-state index >= 15 is 0 Å². The minimum absolute atomic E-state index is 0.00590. The zero-order valence-electron chi connectivity index (χ0n) is 13.2. The van der Waals surface area contributed by atoms with E-state index in [9.17, 15) is 4.79 Å². The minimum Gasteiger partial charge on any atom is -0.479 e. The van der Waals surface area contributed by atoms with Crippen molar-refractivity contribution in [1.29, 1.82) is 5.26 Å². The lowest BCUT2D eigenvalue weighted by atomic mass is 10.1. The number of amides is 1. The lowest BCUT2D eigenvalue weighted by Crippen LogP contribution is -2.19. The average Bonchev–Trinajstić information content (AvgIpc) is 2.89. The number of hydrazone groups is 1. The van der Waals surface area contributed by atoms with Gasteiger partial charge in [0.1, 0.15) is 23.3 Å². The number of carbonyl (C=O) groups is 1. The van der Waals surface area contributed by atoms with Crippen LogP contribution in [0.4, 0.5) is 0 Å². The summed E-state index contributed by atoms with van der Waals surface area (Å²) >= 11 is 0. The van der Waals surface area contributed by atoms with Crippen LogP contribution in [-0.4, -0.2) is 18.2 Å². The van der Waals surface area contributed by atoms with Crippen molar-refractivity contribution >= 4 is 11.6 Å². The first kappa shape index (κ1) is 16.3. The van der Waals surface area contributed by atoms with Gasteiger partial charge in [0.05, 0.1) is 11.3 Å². The molecule has 1 aromatic heterocycles. The molecule has 2 rings (SSSR count). The molecule has 6 nitrogen and oxygen atoms in total. The summed E-state index contributed by atoms with van der Waals surface area (Å²) in [4.78, 5) is 12.1. The van der Waals surface area contributed by atoms with Gasteiger partial charge in [-0.25, -0.2) is 5.43 Å². The fourth-order valence-electron chi connectivity index (χ4n) is 2.02. The summed E-state index contributed by atoms with van der Waals surface area (Å²) in [7, 11) is 0. The average molecular weight is 311 g/mol. The second-order valence-electron chi connectivity index (χ2n) is 4.94. The number of nitrogens with one attached hydrogen (secondary N) is 1. The first-order valence-corrected chi connectivity index (χ1v) is 7.03. The van der Waals surface area contributed by atoms with Crippen LogP contribution in [0.15, 0.2) is 39.9 Å². The number of ether oxygens (including phenoxy) is 1. The molecule has 0 aliphatic rings. The smallest absolute Gasteiger partial charge is 0.274 e. The van der Waals surface area contributed by atoms with Gasteiger partial charge in [0.15, 0.2) is 6.61 Å². The maximum Gasteiger partial charge on any atom is 0.274 e. The first-order chi connectivity index (χ1) is 11.0. The highest BCUT2D eigenvalue weighted by molar-refractivity contribution is 6.01. The Kier molecular flexibility index (Phi) is 5.15. The standard InChI is InChI=1S/C17H17N3O3/c1-11-10-16(13(3)23-11)17(21)20-19-12(2)14-4-6-15(7-5-14)22-9-8-18/h4-7,10H,9H2,1-3H3,(H,20,21)/b19-12-. The third-order valence-electron chi connectivity index (χ3n) is 3.19. The van der Waals surface area contributed by atoms with Gasteiger partial charge in [0.25, 0.3) is 5.91 Å². The summed E-state index contributed by atoms with van der Waals surface area (Å²) in [6.45, 7) is 5.32. The molecule has 1 heterocycles. The van der Waals surface area contributed by atoms with Gasteiger partial charge in [0.2, 0.25) is 0 Å². The molecule has 6 heteroatoms. The van der Waals surface area contributed by atoms with Crippen molar-refractivity contribution < 1.29 is 13.9 Å². The lowest BCUT2D eigenvalue weighted by molar-refractivity contribution is 0.0953. The molecule has 0 spiro atoms. The van der Waals surface area contributed by atoms with Crippen LogP contribution in [0.25, 0.3) is 0 Å². The number of furan rings is 1. The van der Waals surface area contributed by atoms with Gasteiger partial charge in [-0.3, -0.25) is 4.79 Å². The summed E-state index contributed by atoms with van der Waals surface area (Å²) in [5.74, 6) is 1.54. The molecule has 0 unspecified atom stereocenters. The highest BCUT2D eigenvalue weighted by Gasteiger charge is 2.12. The Morgan fingerprint density at radius 3 is 2.61 bits per heavy atom. The van der Waals surface area contributed by atoms with Crippen molar-refractivity contribution in [2.75, 3.05) is 6.61 Å². The minimum atomic E-state index is -0.312. The van der Waals surface area contributed by atoms with Crippen molar-refractivity contribution in [3.05, 3.63) is 53.0 Å². The largest absolute Gasteiger partial charge is 0.479 e. The van der Waals surface area contributed by atoms with Crippen LogP contribution in [0.2, 0.25) is 0 Å². The quantitative estimate of drug-likeness (QED) is 0.679. The van der Waals surface area contributed by atoms with E-state index in [0.717, 1.165) is 5.56 Å². The van der Waals surface area contributed by atoms with E-state index in [2.05, 4.69) is 10.5 Å². The molecule has 1 N–H and O–H groups in total. The Morgan fingerprint density at radius 2 is 2.04 bits per heavy atom. The van der Waals surface area contributed by atoms with Crippen molar-refractivity contribution in [1.82, 2.24) is 5.43 Å². The molecule has 0 fully saturated rings. The van der Waals surface area contributed by atoms with Crippen molar-refractivity contribution in [3.63, 3.8) is 0 Å². The van der Waals surface area contributed by atoms with Gasteiger partial charge in [-0.2, -0.15) is 10.4 Å². The molecule has 1 amide bonds. The van der Waals surface area contributed by atoms with Gasteiger partial charge < -0.3 is 9.15 Å². The number of nitrogens with zero attached hydrogens (tertiary/aromatic N) is 2. The number of hydrogen-bond donors (Lipinski definition) is 1. The maximum absolute atomic E-state index is 12.1. The maximum atomic E-state index is 12.1. The summed E-state index contributed by atoms with van der Waals surface area (Å²) < 4.78 is 10.5. The van der Waals surface area contributed by atoms with E-state index in [-0.39, 0.29) is 12.5 Å². The fraction of sp³-hybridized carbons (Fsp3) is 0.235. The summed E-state index contributed by atoms with van der Waals surface area (Å²) in [5, 5.41) is 12.6. The van der Waals surface area contributed by atoms with Crippen molar-refractivity contribution in [3.8, 4) is 11.8 Å². The summed E-state index contributed by atoms with van der Waals surface area (Å²) in [5.41, 5.74) is 4.48. The molecule has 0 atom stereocenters. The highest BCUT2D eigenvalue weighted by atomic mass is 16.5. The zero-order chi connectivity index (χ0) is 16.8. The molecule has 0 bridgehead atoms. The second kappa shape index (κ2) is 7.27. The first-order valence-electron chi connectivity index (χ1n) is 7.03. The Bertz CT molecular complexity index is 767. The molecular weight excluding hydrogens is 294 g/mol. The van der Waals surface area contributed by atoms with E-state index in [1.165, 1.54) is 0 Å². The Morgan fingerprint density at radius 1 is 1.35 bits per heavy atom. The Balaban J connectivity index is 2.03. The summed E-state index contributed by atoms with van der Waals surface area (Å²) in [6.07, 6.45) is 0. The SMILES string of the molecule is C/C(=N/NC(=O)c1cc(C)oc1C)c1ccc(OCC#N)cc1. The van der Waals surface area contributed by atoms with Gasteiger partial charge in [-0.05, 0) is 56.7 Å². The number of nitriles is 1. The van der Waals surface area contributed by atoms with Gasteiger partial charge in [-0.15, -0.1) is 0 Å². The molecule has 0 radical (unpaired) electrons. The Hall–Kier alpha value is -3.07. The number of benzene rings is 1. The van der Waals surface area contributed by atoms with Crippen LogP contribution in [0.1, 0.15) is 34.4 Å². The van der Waals surface area contributed by atoms with Crippen LogP contribution >= 0.6 is 0 Å². The van der Waals surface area contributed by atoms with Crippen LogP contribution in [-0.2, 0) is 0 Å². The van der Waals surface area contributed by atoms with Crippen LogP contribution < -0.4 is 10.2 Å². The number of carbonyl (C=O) groups excluding carboxylic acids is 1. The number of aryl methyl sites for hydroxylation is 2. The molecule has 0 saturated carbocycles. The molecule has 0 saturated heterocycles. The predicted octanol–water partition coefficient (Wildman–Crippen LogP) is 2.95. The van der Waals surface area contributed by atoms with E-state index in [0.29, 0.717) is 28.5 Å². The van der Waals surface area contributed by atoms with E-state index in [1.54, 1.807) is 39.0 Å². The predicted molar refractivity (Wildman–Crippen MR) is 85.4 cm³/mol. The molecule has 23 heavy (non-hydrogen) atoms. The highest BCUT2D eigenvalue weighted by Crippen LogP contribution is 2.14. The Labute approximate surface area is 134 Å².